The first-order chi connectivity index (χ1) is 8.77. The standard InChI is InChI=1S/C11H6Cl2N4S/c12-7-4-2-1-3-6(7)9-8(10(13)17-18-9)11-14-5-15-16-11/h1-5H,(H,14,15,16). The molecule has 1 aromatic carbocycles. The van der Waals surface area contributed by atoms with Crippen LogP contribution in [0.1, 0.15) is 0 Å². The number of benzene rings is 1. The molecule has 4 nitrogen and oxygen atoms in total. The number of aromatic nitrogens is 4. The molecule has 0 fully saturated rings. The number of aromatic amines is 1. The smallest absolute Gasteiger partial charge is 0.160 e. The van der Waals surface area contributed by atoms with Crippen LogP contribution in [0, 0.1) is 0 Å². The molecule has 0 aliphatic carbocycles. The molecule has 3 rings (SSSR count). The van der Waals surface area contributed by atoms with E-state index in [0.29, 0.717) is 16.0 Å². The van der Waals surface area contributed by atoms with Gasteiger partial charge < -0.3 is 0 Å². The first-order valence-corrected chi connectivity index (χ1v) is 6.56. The molecule has 0 saturated heterocycles. The predicted octanol–water partition coefficient (Wildman–Crippen LogP) is 3.90. The summed E-state index contributed by atoms with van der Waals surface area (Å²) in [4.78, 5) is 4.99. The van der Waals surface area contributed by atoms with Crippen molar-refractivity contribution in [1.82, 2.24) is 19.6 Å². The van der Waals surface area contributed by atoms with Gasteiger partial charge in [0.1, 0.15) is 6.33 Å². The zero-order valence-corrected chi connectivity index (χ0v) is 11.2. The van der Waals surface area contributed by atoms with Gasteiger partial charge in [0.2, 0.25) is 0 Å². The van der Waals surface area contributed by atoms with E-state index < -0.39 is 0 Å². The van der Waals surface area contributed by atoms with Crippen LogP contribution < -0.4 is 0 Å². The molecule has 18 heavy (non-hydrogen) atoms. The summed E-state index contributed by atoms with van der Waals surface area (Å²) in [6, 6.07) is 7.54. The van der Waals surface area contributed by atoms with Crippen LogP contribution in [0.2, 0.25) is 10.2 Å². The first-order valence-electron chi connectivity index (χ1n) is 5.03. The SMILES string of the molecule is Clc1ccccc1-c1snc(Cl)c1-c1ncn[nH]1. The highest BCUT2D eigenvalue weighted by molar-refractivity contribution is 7.10. The van der Waals surface area contributed by atoms with Crippen molar-refractivity contribution >= 4 is 34.7 Å². The van der Waals surface area contributed by atoms with E-state index in [2.05, 4.69) is 19.6 Å². The Morgan fingerprint density at radius 3 is 2.72 bits per heavy atom. The molecule has 0 radical (unpaired) electrons. The Bertz CT molecular complexity index is 678. The number of nitrogens with zero attached hydrogens (tertiary/aromatic N) is 3. The average Bonchev–Trinajstić information content (AvgIpc) is 2.98. The van der Waals surface area contributed by atoms with Crippen molar-refractivity contribution in [2.75, 3.05) is 0 Å². The summed E-state index contributed by atoms with van der Waals surface area (Å²) in [6.07, 6.45) is 1.43. The number of H-pyrrole nitrogens is 1. The molecule has 7 heteroatoms. The van der Waals surface area contributed by atoms with Gasteiger partial charge in [-0.2, -0.15) is 9.47 Å². The van der Waals surface area contributed by atoms with Gasteiger partial charge in [-0.3, -0.25) is 5.10 Å². The second kappa shape index (κ2) is 4.68. The fourth-order valence-corrected chi connectivity index (χ4v) is 3.08. The van der Waals surface area contributed by atoms with Crippen LogP contribution in [0.3, 0.4) is 0 Å². The quantitative estimate of drug-likeness (QED) is 0.780. The lowest BCUT2D eigenvalue weighted by Gasteiger charge is -2.02. The Balaban J connectivity index is 2.23. The van der Waals surface area contributed by atoms with Crippen molar-refractivity contribution in [3.63, 3.8) is 0 Å². The molecule has 0 aliphatic rings. The molecule has 0 spiro atoms. The van der Waals surface area contributed by atoms with Gasteiger partial charge >= 0.3 is 0 Å². The van der Waals surface area contributed by atoms with Crippen LogP contribution in [0.15, 0.2) is 30.6 Å². The van der Waals surface area contributed by atoms with Gasteiger partial charge in [0, 0.05) is 10.6 Å². The van der Waals surface area contributed by atoms with Crippen LogP contribution in [-0.2, 0) is 0 Å². The highest BCUT2D eigenvalue weighted by atomic mass is 35.5. The lowest BCUT2D eigenvalue weighted by molar-refractivity contribution is 1.10. The van der Waals surface area contributed by atoms with E-state index in [4.69, 9.17) is 23.2 Å². The summed E-state index contributed by atoms with van der Waals surface area (Å²) in [5, 5.41) is 7.66. The number of rotatable bonds is 2. The minimum absolute atomic E-state index is 0.395. The van der Waals surface area contributed by atoms with Crippen molar-refractivity contribution in [1.29, 1.82) is 0 Å². The van der Waals surface area contributed by atoms with Gasteiger partial charge in [-0.1, -0.05) is 41.4 Å². The molecule has 0 atom stereocenters. The molecular weight excluding hydrogens is 291 g/mol. The lowest BCUT2D eigenvalue weighted by atomic mass is 10.1. The van der Waals surface area contributed by atoms with Gasteiger partial charge in [-0.25, -0.2) is 4.98 Å². The predicted molar refractivity (Wildman–Crippen MR) is 72.9 cm³/mol. The monoisotopic (exact) mass is 296 g/mol. The molecule has 90 valence electrons. The Morgan fingerprint density at radius 1 is 1.17 bits per heavy atom. The fraction of sp³-hybridized carbons (Fsp3) is 0. The summed E-state index contributed by atoms with van der Waals surface area (Å²) in [7, 11) is 0. The van der Waals surface area contributed by atoms with Gasteiger partial charge in [0.05, 0.1) is 10.4 Å². The Morgan fingerprint density at radius 2 is 2.00 bits per heavy atom. The van der Waals surface area contributed by atoms with Crippen LogP contribution in [-0.4, -0.2) is 19.6 Å². The maximum Gasteiger partial charge on any atom is 0.160 e. The summed E-state index contributed by atoms with van der Waals surface area (Å²) in [5.74, 6) is 0.587. The van der Waals surface area contributed by atoms with Crippen molar-refractivity contribution in [3.8, 4) is 21.8 Å². The molecule has 2 aromatic heterocycles. The molecule has 3 aromatic rings. The molecule has 0 aliphatic heterocycles. The number of hydrogen-bond acceptors (Lipinski definition) is 4. The second-order valence-electron chi connectivity index (χ2n) is 3.49. The minimum atomic E-state index is 0.395. The van der Waals surface area contributed by atoms with Crippen molar-refractivity contribution in [3.05, 3.63) is 40.8 Å². The Labute approximate surface area is 117 Å². The molecule has 0 bridgehead atoms. The summed E-state index contributed by atoms with van der Waals surface area (Å²) >= 11 is 13.6. The van der Waals surface area contributed by atoms with E-state index in [1.807, 2.05) is 24.3 Å². The maximum absolute atomic E-state index is 6.19. The number of hydrogen-bond donors (Lipinski definition) is 1. The van der Waals surface area contributed by atoms with Crippen LogP contribution in [0.4, 0.5) is 0 Å². The summed E-state index contributed by atoms with van der Waals surface area (Å²) < 4.78 is 4.15. The van der Waals surface area contributed by atoms with Crippen LogP contribution >= 0.6 is 34.7 Å². The Kier molecular flexibility index (Phi) is 3.03. The molecular formula is C11H6Cl2N4S. The maximum atomic E-state index is 6.19. The lowest BCUT2D eigenvalue weighted by Crippen LogP contribution is -1.84. The van der Waals surface area contributed by atoms with E-state index in [9.17, 15) is 0 Å². The van der Waals surface area contributed by atoms with Crippen molar-refractivity contribution in [2.24, 2.45) is 0 Å². The van der Waals surface area contributed by atoms with Crippen molar-refractivity contribution < 1.29 is 0 Å². The van der Waals surface area contributed by atoms with E-state index in [-0.39, 0.29) is 0 Å². The highest BCUT2D eigenvalue weighted by Crippen LogP contribution is 2.41. The Hall–Kier alpha value is -1.43. The summed E-state index contributed by atoms with van der Waals surface area (Å²) in [5.41, 5.74) is 1.61. The van der Waals surface area contributed by atoms with Crippen LogP contribution in [0.25, 0.3) is 21.8 Å². The van der Waals surface area contributed by atoms with Gasteiger partial charge in [0.25, 0.3) is 0 Å². The van der Waals surface area contributed by atoms with E-state index >= 15 is 0 Å². The topological polar surface area (TPSA) is 54.5 Å². The van der Waals surface area contributed by atoms with E-state index in [1.165, 1.54) is 17.9 Å². The zero-order valence-electron chi connectivity index (χ0n) is 8.89. The minimum Gasteiger partial charge on any atom is -0.259 e. The van der Waals surface area contributed by atoms with Crippen LogP contribution in [0.5, 0.6) is 0 Å². The van der Waals surface area contributed by atoms with Gasteiger partial charge in [-0.15, -0.1) is 0 Å². The van der Waals surface area contributed by atoms with Crippen molar-refractivity contribution in [2.45, 2.75) is 0 Å². The molecule has 0 unspecified atom stereocenters. The summed E-state index contributed by atoms with van der Waals surface area (Å²) in [6.45, 7) is 0. The zero-order chi connectivity index (χ0) is 12.5. The molecule has 2 heterocycles. The first kappa shape index (κ1) is 11.6. The van der Waals surface area contributed by atoms with E-state index in [0.717, 1.165) is 16.0 Å². The third kappa shape index (κ3) is 1.90. The molecule has 0 saturated carbocycles. The normalized spacial score (nSPS) is 10.8. The van der Waals surface area contributed by atoms with Gasteiger partial charge in [0.15, 0.2) is 11.0 Å². The highest BCUT2D eigenvalue weighted by Gasteiger charge is 2.19. The third-order valence-electron chi connectivity index (χ3n) is 2.42. The van der Waals surface area contributed by atoms with E-state index in [1.54, 1.807) is 0 Å². The fourth-order valence-electron chi connectivity index (χ4n) is 1.63. The molecule has 0 amide bonds. The largest absolute Gasteiger partial charge is 0.259 e. The second-order valence-corrected chi connectivity index (χ2v) is 5.03. The third-order valence-corrected chi connectivity index (χ3v) is 4.00. The van der Waals surface area contributed by atoms with Gasteiger partial charge in [-0.05, 0) is 17.6 Å². The average molecular weight is 297 g/mol. The molecule has 1 N–H and O–H groups in total. The number of nitrogens with one attached hydrogen (secondary N) is 1. The number of halogens is 2.